The molecule has 128 valence electrons. The molecule has 1 aromatic carbocycles. The normalized spacial score (nSPS) is 14.2. The zero-order chi connectivity index (χ0) is 16.5. The van der Waals surface area contributed by atoms with Gasteiger partial charge in [-0.25, -0.2) is 4.98 Å². The molecule has 2 aromatic rings. The van der Waals surface area contributed by atoms with Gasteiger partial charge in [0.25, 0.3) is 0 Å². The Morgan fingerprint density at radius 3 is 2.52 bits per heavy atom. The second-order valence-electron chi connectivity index (χ2n) is 7.07. The van der Waals surface area contributed by atoms with Crippen molar-refractivity contribution in [3.8, 4) is 0 Å². The SMILES string of the molecule is CCCC(C)(N)C(=O)Nc1ccc2oc(C(C)(C)C)nc2c1.Cl. The Hall–Kier alpha value is -1.59. The van der Waals surface area contributed by atoms with E-state index in [4.69, 9.17) is 10.2 Å². The van der Waals surface area contributed by atoms with E-state index in [9.17, 15) is 4.79 Å². The summed E-state index contributed by atoms with van der Waals surface area (Å²) < 4.78 is 5.75. The largest absolute Gasteiger partial charge is 0.440 e. The molecule has 0 aliphatic rings. The number of carbonyl (C=O) groups excluding carboxylic acids is 1. The predicted molar refractivity (Wildman–Crippen MR) is 96.1 cm³/mol. The summed E-state index contributed by atoms with van der Waals surface area (Å²) in [5, 5.41) is 2.86. The van der Waals surface area contributed by atoms with Crippen LogP contribution in [0.5, 0.6) is 0 Å². The van der Waals surface area contributed by atoms with Gasteiger partial charge < -0.3 is 15.5 Å². The highest BCUT2D eigenvalue weighted by molar-refractivity contribution is 5.98. The molecule has 5 nitrogen and oxygen atoms in total. The van der Waals surface area contributed by atoms with Crippen molar-refractivity contribution < 1.29 is 9.21 Å². The van der Waals surface area contributed by atoms with Crippen LogP contribution in [0.4, 0.5) is 5.69 Å². The third-order valence-electron chi connectivity index (χ3n) is 3.58. The van der Waals surface area contributed by atoms with Gasteiger partial charge in [0.15, 0.2) is 5.58 Å². The van der Waals surface area contributed by atoms with E-state index in [0.29, 0.717) is 23.6 Å². The molecule has 1 aromatic heterocycles. The minimum atomic E-state index is -0.871. The second-order valence-corrected chi connectivity index (χ2v) is 7.07. The summed E-state index contributed by atoms with van der Waals surface area (Å²) in [6.07, 6.45) is 1.50. The number of nitrogens with one attached hydrogen (secondary N) is 1. The van der Waals surface area contributed by atoms with E-state index in [-0.39, 0.29) is 23.7 Å². The van der Waals surface area contributed by atoms with Crippen LogP contribution in [0.25, 0.3) is 11.1 Å². The molecule has 0 radical (unpaired) electrons. The lowest BCUT2D eigenvalue weighted by atomic mass is 9.96. The molecule has 0 spiro atoms. The highest BCUT2D eigenvalue weighted by Crippen LogP contribution is 2.27. The summed E-state index contributed by atoms with van der Waals surface area (Å²) in [7, 11) is 0. The van der Waals surface area contributed by atoms with Crippen LogP contribution in [0.2, 0.25) is 0 Å². The fourth-order valence-corrected chi connectivity index (χ4v) is 2.23. The molecule has 0 aliphatic carbocycles. The van der Waals surface area contributed by atoms with Gasteiger partial charge in [-0.3, -0.25) is 4.79 Å². The maximum absolute atomic E-state index is 12.2. The predicted octanol–water partition coefficient (Wildman–Crippen LogP) is 4.00. The molecular weight excluding hydrogens is 314 g/mol. The van der Waals surface area contributed by atoms with Gasteiger partial charge >= 0.3 is 0 Å². The van der Waals surface area contributed by atoms with Crippen LogP contribution in [0.3, 0.4) is 0 Å². The summed E-state index contributed by atoms with van der Waals surface area (Å²) in [5.74, 6) is 0.494. The molecule has 1 unspecified atom stereocenters. The Balaban J connectivity index is 0.00000264. The molecule has 0 bridgehead atoms. The van der Waals surface area contributed by atoms with Crippen LogP contribution in [0.1, 0.15) is 53.4 Å². The molecule has 1 atom stereocenters. The number of nitrogens with two attached hydrogens (primary N) is 1. The first-order valence-corrected chi connectivity index (χ1v) is 7.65. The fraction of sp³-hybridized carbons (Fsp3) is 0.529. The maximum Gasteiger partial charge on any atom is 0.244 e. The van der Waals surface area contributed by atoms with Crippen LogP contribution in [-0.2, 0) is 10.2 Å². The van der Waals surface area contributed by atoms with Crippen LogP contribution in [0.15, 0.2) is 22.6 Å². The number of benzene rings is 1. The van der Waals surface area contributed by atoms with Crippen molar-refractivity contribution in [2.75, 3.05) is 5.32 Å². The van der Waals surface area contributed by atoms with E-state index in [1.165, 1.54) is 0 Å². The number of fused-ring (bicyclic) bond motifs is 1. The average molecular weight is 340 g/mol. The minimum Gasteiger partial charge on any atom is -0.440 e. The summed E-state index contributed by atoms with van der Waals surface area (Å²) >= 11 is 0. The Bertz CT molecular complexity index is 687. The number of carbonyl (C=O) groups is 1. The molecule has 0 aliphatic heterocycles. The number of anilines is 1. The molecular formula is C17H26ClN3O2. The lowest BCUT2D eigenvalue weighted by Gasteiger charge is -2.22. The Kier molecular flexibility index (Phi) is 5.83. The van der Waals surface area contributed by atoms with Crippen LogP contribution >= 0.6 is 12.4 Å². The van der Waals surface area contributed by atoms with Crippen LogP contribution < -0.4 is 11.1 Å². The molecule has 1 heterocycles. The van der Waals surface area contributed by atoms with Gasteiger partial charge in [0, 0.05) is 11.1 Å². The molecule has 1 amide bonds. The summed E-state index contributed by atoms with van der Waals surface area (Å²) in [5.41, 5.74) is 7.15. The quantitative estimate of drug-likeness (QED) is 0.882. The third kappa shape index (κ3) is 4.45. The number of amides is 1. The monoisotopic (exact) mass is 339 g/mol. The van der Waals surface area contributed by atoms with E-state index in [2.05, 4.69) is 10.3 Å². The molecule has 0 saturated carbocycles. The number of halogens is 1. The molecule has 6 heteroatoms. The highest BCUT2D eigenvalue weighted by Gasteiger charge is 2.27. The third-order valence-corrected chi connectivity index (χ3v) is 3.58. The molecule has 0 fully saturated rings. The van der Waals surface area contributed by atoms with Crippen molar-refractivity contribution in [1.29, 1.82) is 0 Å². The highest BCUT2D eigenvalue weighted by atomic mass is 35.5. The average Bonchev–Trinajstić information content (AvgIpc) is 2.81. The maximum atomic E-state index is 12.2. The smallest absolute Gasteiger partial charge is 0.244 e. The zero-order valence-electron chi connectivity index (χ0n) is 14.4. The Morgan fingerprint density at radius 1 is 1.30 bits per heavy atom. The summed E-state index contributed by atoms with van der Waals surface area (Å²) in [6, 6.07) is 5.44. The molecule has 0 saturated heterocycles. The van der Waals surface area contributed by atoms with E-state index < -0.39 is 5.54 Å². The number of rotatable bonds is 4. The number of aromatic nitrogens is 1. The van der Waals surface area contributed by atoms with Crippen molar-refractivity contribution >= 4 is 35.1 Å². The topological polar surface area (TPSA) is 81.2 Å². The number of hydrogen-bond acceptors (Lipinski definition) is 4. The second kappa shape index (κ2) is 6.89. The van der Waals surface area contributed by atoms with Gasteiger partial charge in [0.05, 0.1) is 5.54 Å². The van der Waals surface area contributed by atoms with Gasteiger partial charge in [0.2, 0.25) is 11.8 Å². The van der Waals surface area contributed by atoms with Gasteiger partial charge in [-0.1, -0.05) is 34.1 Å². The van der Waals surface area contributed by atoms with Gasteiger partial charge in [-0.15, -0.1) is 12.4 Å². The Labute approximate surface area is 143 Å². The standard InChI is InChI=1S/C17H25N3O2.ClH/c1-6-9-17(5,18)14(21)19-11-7-8-13-12(10-11)20-15(22-13)16(2,3)4;/h7-8,10H,6,9,18H2,1-5H3,(H,19,21);1H. The van der Waals surface area contributed by atoms with Crippen molar-refractivity contribution in [3.05, 3.63) is 24.1 Å². The number of hydrogen-bond donors (Lipinski definition) is 2. The van der Waals surface area contributed by atoms with E-state index in [0.717, 1.165) is 11.9 Å². The first-order chi connectivity index (χ1) is 10.1. The molecule has 2 rings (SSSR count). The fourth-order valence-electron chi connectivity index (χ4n) is 2.23. The van der Waals surface area contributed by atoms with Gasteiger partial charge in [0.1, 0.15) is 5.52 Å². The minimum absolute atomic E-state index is 0. The van der Waals surface area contributed by atoms with Gasteiger partial charge in [-0.05, 0) is 31.5 Å². The van der Waals surface area contributed by atoms with Crippen molar-refractivity contribution in [3.63, 3.8) is 0 Å². The summed E-state index contributed by atoms with van der Waals surface area (Å²) in [4.78, 5) is 16.7. The van der Waals surface area contributed by atoms with E-state index in [1.54, 1.807) is 13.0 Å². The molecule has 23 heavy (non-hydrogen) atoms. The van der Waals surface area contributed by atoms with Crippen molar-refractivity contribution in [1.82, 2.24) is 4.98 Å². The lowest BCUT2D eigenvalue weighted by Crippen LogP contribution is -2.48. The van der Waals surface area contributed by atoms with Crippen molar-refractivity contribution in [2.24, 2.45) is 5.73 Å². The summed E-state index contributed by atoms with van der Waals surface area (Å²) in [6.45, 7) is 9.90. The lowest BCUT2D eigenvalue weighted by molar-refractivity contribution is -0.120. The zero-order valence-corrected chi connectivity index (χ0v) is 15.2. The van der Waals surface area contributed by atoms with Crippen molar-refractivity contribution in [2.45, 2.75) is 58.4 Å². The number of oxazole rings is 1. The van der Waals surface area contributed by atoms with Crippen LogP contribution in [0, 0.1) is 0 Å². The van der Waals surface area contributed by atoms with Crippen LogP contribution in [-0.4, -0.2) is 16.4 Å². The van der Waals surface area contributed by atoms with E-state index in [1.807, 2.05) is 39.8 Å². The number of nitrogens with zero attached hydrogens (tertiary/aromatic N) is 1. The van der Waals surface area contributed by atoms with Gasteiger partial charge in [-0.2, -0.15) is 0 Å². The first-order valence-electron chi connectivity index (χ1n) is 7.65. The molecule has 3 N–H and O–H groups in total. The first kappa shape index (κ1) is 19.5. The Morgan fingerprint density at radius 2 is 1.96 bits per heavy atom. The van der Waals surface area contributed by atoms with E-state index >= 15 is 0 Å².